The van der Waals surface area contributed by atoms with Crippen LogP contribution in [0, 0.1) is 17.7 Å². The second-order valence-corrected chi connectivity index (χ2v) is 8.26. The zero-order valence-electron chi connectivity index (χ0n) is 26.7. The first-order valence-electron chi connectivity index (χ1n) is 14.8. The van der Waals surface area contributed by atoms with E-state index in [4.69, 9.17) is 23.2 Å². The Morgan fingerprint density at radius 3 is 3.09 bits per heavy atom. The average Bonchev–Trinajstić information content (AvgIpc) is 2.81. The molecule has 3 atom stereocenters. The Bertz CT molecular complexity index is 1290. The van der Waals surface area contributed by atoms with E-state index in [1.54, 1.807) is 0 Å². The molecule has 1 saturated heterocycles. The number of benzene rings is 1. The molecule has 1 aliphatic carbocycles. The number of hydrogen-bond acceptors (Lipinski definition) is 6. The lowest BCUT2D eigenvalue weighted by Gasteiger charge is -2.38. The Kier molecular flexibility index (Phi) is 4.30. The minimum atomic E-state index is -3.22. The van der Waals surface area contributed by atoms with Crippen LogP contribution in [-0.2, 0) is 9.47 Å². The first-order valence-corrected chi connectivity index (χ1v) is 10.6. The zero-order chi connectivity index (χ0) is 31.5. The summed E-state index contributed by atoms with van der Waals surface area (Å²) in [6, 6.07) is 3.75. The van der Waals surface area contributed by atoms with Gasteiger partial charge in [-0.2, -0.15) is 0 Å². The van der Waals surface area contributed by atoms with Crippen molar-refractivity contribution < 1.29 is 37.5 Å². The molecule has 8 nitrogen and oxygen atoms in total. The van der Waals surface area contributed by atoms with Crippen molar-refractivity contribution in [3.8, 4) is 0 Å². The summed E-state index contributed by atoms with van der Waals surface area (Å²) >= 11 is 3.11. The minimum absolute atomic E-state index is 0.0122. The van der Waals surface area contributed by atoms with Gasteiger partial charge in [0.2, 0.25) is 0 Å². The van der Waals surface area contributed by atoms with E-state index in [0.29, 0.717) is 4.47 Å². The number of rotatable bonds is 6. The molecule has 0 bridgehead atoms. The van der Waals surface area contributed by atoms with Crippen LogP contribution in [0.3, 0.4) is 0 Å². The Morgan fingerprint density at radius 1 is 1.56 bits per heavy atom. The van der Waals surface area contributed by atoms with E-state index in [0.717, 1.165) is 17.0 Å². The molecule has 3 N–H and O–H groups in total. The third-order valence-electron chi connectivity index (χ3n) is 5.25. The third kappa shape index (κ3) is 5.24. The summed E-state index contributed by atoms with van der Waals surface area (Å²) in [5, 5.41) is 13.9. The first-order chi connectivity index (χ1) is 19.1. The molecule has 0 aromatic heterocycles. The van der Waals surface area contributed by atoms with Crippen LogP contribution < -0.4 is 10.6 Å². The van der Waals surface area contributed by atoms with Gasteiger partial charge in [0.25, 0.3) is 0 Å². The highest BCUT2D eigenvalue weighted by Gasteiger charge is 2.37. The number of likely N-dealkylation sites (tertiary alicyclic amines) is 1. The molecule has 3 unspecified atom stereocenters. The number of fused-ring (bicyclic) bond motifs is 1. The summed E-state index contributed by atoms with van der Waals surface area (Å²) in [4.78, 5) is 16.2. The maximum Gasteiger partial charge on any atom is 0.407 e. The SMILES string of the molecule is [2H]C1([2H])N=C2C=C(OC([2H])([2H])C3CCN(C(=O)O)CC3)C(OC([2H])([2H])[2H])C([2H])([2H])C2C([2H])(Nc2ccc(Br)cc2F)N1. The Balaban J connectivity index is 1.76. The number of nitrogens with zero attached hydrogens (tertiary/aromatic N) is 2. The van der Waals surface area contributed by atoms with Crippen molar-refractivity contribution in [2.45, 2.75) is 31.5 Å². The number of nitrogens with one attached hydrogen (secondary N) is 2. The molecule has 0 spiro atoms. The van der Waals surface area contributed by atoms with Gasteiger partial charge >= 0.3 is 6.09 Å². The van der Waals surface area contributed by atoms with Crippen molar-refractivity contribution >= 4 is 33.4 Å². The summed E-state index contributed by atoms with van der Waals surface area (Å²) in [5.74, 6) is -4.20. The fraction of sp³-hybridized carbons (Fsp3) is 0.545. The monoisotopic (exact) mass is 520 g/mol. The van der Waals surface area contributed by atoms with Crippen LogP contribution in [0.15, 0.2) is 39.5 Å². The van der Waals surface area contributed by atoms with E-state index in [2.05, 4.69) is 31.6 Å². The number of piperidine rings is 1. The Hall–Kier alpha value is -2.17. The zero-order valence-corrected chi connectivity index (χ0v) is 18.3. The molecule has 0 radical (unpaired) electrons. The largest absolute Gasteiger partial charge is 0.495 e. The number of halogens is 2. The number of aliphatic imine (C=N–C) groups is 1. The molecule has 1 aromatic rings. The van der Waals surface area contributed by atoms with E-state index in [1.165, 1.54) is 12.1 Å². The number of anilines is 1. The second-order valence-electron chi connectivity index (χ2n) is 7.34. The third-order valence-corrected chi connectivity index (χ3v) is 5.75. The molecule has 4 rings (SSSR count). The Labute approximate surface area is 209 Å². The van der Waals surface area contributed by atoms with Crippen LogP contribution in [0.25, 0.3) is 0 Å². The van der Waals surface area contributed by atoms with E-state index in [9.17, 15) is 14.3 Å². The second kappa shape index (κ2) is 10.2. The van der Waals surface area contributed by atoms with Crippen LogP contribution in [0.1, 0.15) is 32.9 Å². The fourth-order valence-corrected chi connectivity index (χ4v) is 3.86. The molecule has 32 heavy (non-hydrogen) atoms. The van der Waals surface area contributed by atoms with Crippen LogP contribution in [-0.4, -0.2) is 67.4 Å². The minimum Gasteiger partial charge on any atom is -0.495 e. The maximum atomic E-state index is 14.7. The standard InChI is InChI=1S/C22H28BrFN4O4/c1-31-19-9-15-18(10-20(19)32-11-13-4-6-28(7-5-13)22(29)30)25-12-26-21(15)27-17-3-2-14(23)8-16(17)24/h2-3,8,10,13,15,19,21,26-27H,4-7,9,11-12H2,1H3,(H,29,30)/i1D3,9D2,11D2,12D2,21D. The van der Waals surface area contributed by atoms with Crippen molar-refractivity contribution in [1.82, 2.24) is 10.2 Å². The van der Waals surface area contributed by atoms with Gasteiger partial charge in [-0.15, -0.1) is 0 Å². The highest BCUT2D eigenvalue weighted by molar-refractivity contribution is 9.10. The van der Waals surface area contributed by atoms with Gasteiger partial charge in [-0.25, -0.2) is 9.18 Å². The van der Waals surface area contributed by atoms with E-state index in [1.807, 2.05) is 0 Å². The quantitative estimate of drug-likeness (QED) is 0.529. The summed E-state index contributed by atoms with van der Waals surface area (Å²) in [5.41, 5.74) is -0.724. The van der Waals surface area contributed by atoms with Gasteiger partial charge in [0.15, 0.2) is 0 Å². The fourth-order valence-electron chi connectivity index (χ4n) is 3.53. The molecule has 1 fully saturated rings. The normalized spacial score (nSPS) is 37.0. The number of hydrogen-bond donors (Lipinski definition) is 3. The number of allylic oxidation sites excluding steroid dienone is 1. The van der Waals surface area contributed by atoms with Crippen molar-refractivity contribution in [2.75, 3.05) is 38.6 Å². The molecule has 2 aliphatic heterocycles. The van der Waals surface area contributed by atoms with Gasteiger partial charge in [-0.3, -0.25) is 10.3 Å². The van der Waals surface area contributed by atoms with E-state index in [-0.39, 0.29) is 31.6 Å². The molecular weight excluding hydrogens is 483 g/mol. The predicted molar refractivity (Wildman–Crippen MR) is 122 cm³/mol. The molecule has 1 aromatic carbocycles. The molecule has 1 amide bonds. The smallest absolute Gasteiger partial charge is 0.407 e. The number of carbonyl (C=O) groups is 1. The van der Waals surface area contributed by atoms with Gasteiger partial charge in [0.05, 0.1) is 36.0 Å². The number of amides is 1. The van der Waals surface area contributed by atoms with Gasteiger partial charge in [-0.05, 0) is 43.3 Å². The molecular formula is C22H28BrFN4O4. The van der Waals surface area contributed by atoms with Crippen molar-refractivity contribution in [2.24, 2.45) is 16.8 Å². The van der Waals surface area contributed by atoms with Crippen molar-refractivity contribution in [1.29, 1.82) is 0 Å². The van der Waals surface area contributed by atoms with Crippen molar-refractivity contribution in [3.05, 3.63) is 40.3 Å². The molecule has 0 saturated carbocycles. The lowest BCUT2D eigenvalue weighted by Crippen LogP contribution is -2.52. The topological polar surface area (TPSA) is 95.4 Å². The average molecular weight is 521 g/mol. The van der Waals surface area contributed by atoms with Gasteiger partial charge in [0.1, 0.15) is 17.7 Å². The molecule has 174 valence electrons. The summed E-state index contributed by atoms with van der Waals surface area (Å²) < 4.78 is 109. The van der Waals surface area contributed by atoms with E-state index >= 15 is 0 Å². The van der Waals surface area contributed by atoms with Gasteiger partial charge in [-0.1, -0.05) is 15.9 Å². The summed E-state index contributed by atoms with van der Waals surface area (Å²) in [6.07, 6.45) is -7.75. The van der Waals surface area contributed by atoms with Crippen LogP contribution in [0.4, 0.5) is 14.9 Å². The lowest BCUT2D eigenvalue weighted by molar-refractivity contribution is 0.0291. The maximum absolute atomic E-state index is 14.7. The Morgan fingerprint density at radius 2 is 2.38 bits per heavy atom. The lowest BCUT2D eigenvalue weighted by atomic mass is 9.85. The van der Waals surface area contributed by atoms with Crippen LogP contribution in [0.2, 0.25) is 0 Å². The number of carboxylic acid groups (broad SMARTS) is 1. The number of ether oxygens (including phenoxy) is 2. The highest BCUT2D eigenvalue weighted by atomic mass is 79.9. The van der Waals surface area contributed by atoms with Crippen LogP contribution >= 0.6 is 15.9 Å². The van der Waals surface area contributed by atoms with E-state index < -0.39 is 74.1 Å². The summed E-state index contributed by atoms with van der Waals surface area (Å²) in [7, 11) is -3.22. The predicted octanol–water partition coefficient (Wildman–Crippen LogP) is 3.65. The molecule has 3 aliphatic rings. The van der Waals surface area contributed by atoms with Crippen LogP contribution in [0.5, 0.6) is 0 Å². The molecule has 10 heteroatoms. The van der Waals surface area contributed by atoms with Gasteiger partial charge in [0, 0.05) is 45.0 Å². The molecule has 2 heterocycles. The first kappa shape index (κ1) is 13.5. The van der Waals surface area contributed by atoms with Gasteiger partial charge < -0.3 is 24.8 Å². The highest BCUT2D eigenvalue weighted by Crippen LogP contribution is 2.31. The van der Waals surface area contributed by atoms with Crippen molar-refractivity contribution in [3.63, 3.8) is 0 Å². The summed E-state index contributed by atoms with van der Waals surface area (Å²) in [6.45, 7) is -5.24. The number of methoxy groups -OCH3 is 1.